The highest BCUT2D eigenvalue weighted by Crippen LogP contribution is 2.26. The number of hydrogen-bond donors (Lipinski definition) is 3. The van der Waals surface area contributed by atoms with E-state index in [1.807, 2.05) is 24.3 Å². The first-order chi connectivity index (χ1) is 14.1. The zero-order chi connectivity index (χ0) is 22.5. The number of aryl methyl sites for hydroxylation is 1. The van der Waals surface area contributed by atoms with Crippen LogP contribution in [0.15, 0.2) is 30.3 Å². The summed E-state index contributed by atoms with van der Waals surface area (Å²) in [5.41, 5.74) is 7.69. The average molecular weight is 411 g/mol. The number of rotatable bonds is 8. The lowest BCUT2D eigenvalue weighted by atomic mass is 9.88. The highest BCUT2D eigenvalue weighted by Gasteiger charge is 2.22. The van der Waals surface area contributed by atoms with Crippen LogP contribution in [0.2, 0.25) is 0 Å². The van der Waals surface area contributed by atoms with Crippen LogP contribution in [0, 0.1) is 19.3 Å². The molecule has 30 heavy (non-hydrogen) atoms. The van der Waals surface area contributed by atoms with Gasteiger partial charge in [0.1, 0.15) is 0 Å². The summed E-state index contributed by atoms with van der Waals surface area (Å²) in [7, 11) is 0. The SMILES string of the molecule is CC[C@H](C(=N)CCc1c(C)nn(C(C)(C)C)c1C)c1ccc(/C=C/C(=O)NO)cc1. The average Bonchev–Trinajstić information content (AvgIpc) is 3.00. The summed E-state index contributed by atoms with van der Waals surface area (Å²) in [6, 6.07) is 7.86. The second-order valence-electron chi connectivity index (χ2n) is 8.69. The molecule has 1 heterocycles. The Morgan fingerprint density at radius 3 is 2.40 bits per heavy atom. The molecule has 1 atom stereocenters. The smallest absolute Gasteiger partial charge is 0.267 e. The van der Waals surface area contributed by atoms with Crippen LogP contribution in [0.1, 0.15) is 74.5 Å². The predicted octanol–water partition coefficient (Wildman–Crippen LogP) is 4.92. The highest BCUT2D eigenvalue weighted by molar-refractivity contribution is 5.91. The van der Waals surface area contributed by atoms with Gasteiger partial charge in [0.15, 0.2) is 0 Å². The quantitative estimate of drug-likeness (QED) is 0.250. The Kier molecular flexibility index (Phi) is 7.73. The molecule has 6 nitrogen and oxygen atoms in total. The van der Waals surface area contributed by atoms with Gasteiger partial charge in [-0.25, -0.2) is 5.48 Å². The fourth-order valence-electron chi connectivity index (χ4n) is 3.86. The van der Waals surface area contributed by atoms with E-state index in [2.05, 4.69) is 46.2 Å². The molecule has 3 N–H and O–H groups in total. The van der Waals surface area contributed by atoms with Crippen molar-refractivity contribution >= 4 is 17.7 Å². The van der Waals surface area contributed by atoms with E-state index in [1.165, 1.54) is 17.3 Å². The normalized spacial score (nSPS) is 12.9. The minimum atomic E-state index is -0.562. The van der Waals surface area contributed by atoms with E-state index in [0.717, 1.165) is 35.4 Å². The van der Waals surface area contributed by atoms with Crippen molar-refractivity contribution in [2.45, 2.75) is 72.3 Å². The van der Waals surface area contributed by atoms with Crippen molar-refractivity contribution in [3.63, 3.8) is 0 Å². The molecule has 0 saturated carbocycles. The van der Waals surface area contributed by atoms with Crippen molar-refractivity contribution < 1.29 is 10.0 Å². The second kappa shape index (κ2) is 9.85. The van der Waals surface area contributed by atoms with Gasteiger partial charge < -0.3 is 5.41 Å². The number of nitrogens with zero attached hydrogens (tertiary/aromatic N) is 2. The molecular weight excluding hydrogens is 376 g/mol. The fraction of sp³-hybridized carbons (Fsp3) is 0.458. The molecule has 0 aliphatic rings. The van der Waals surface area contributed by atoms with Gasteiger partial charge in [0.25, 0.3) is 5.91 Å². The molecule has 0 bridgehead atoms. The van der Waals surface area contributed by atoms with E-state index in [4.69, 9.17) is 15.7 Å². The molecule has 0 radical (unpaired) electrons. The molecule has 1 aromatic carbocycles. The van der Waals surface area contributed by atoms with Crippen LogP contribution in [0.3, 0.4) is 0 Å². The van der Waals surface area contributed by atoms with E-state index in [-0.39, 0.29) is 11.5 Å². The first-order valence-corrected chi connectivity index (χ1v) is 10.4. The fourth-order valence-corrected chi connectivity index (χ4v) is 3.86. The molecular formula is C24H34N4O2. The molecule has 0 saturated heterocycles. The van der Waals surface area contributed by atoms with E-state index in [1.54, 1.807) is 11.6 Å². The molecule has 0 aliphatic heterocycles. The molecule has 1 amide bonds. The van der Waals surface area contributed by atoms with Crippen LogP contribution in [0.25, 0.3) is 6.08 Å². The van der Waals surface area contributed by atoms with Crippen molar-refractivity contribution in [2.24, 2.45) is 0 Å². The summed E-state index contributed by atoms with van der Waals surface area (Å²) in [6.45, 7) is 12.7. The van der Waals surface area contributed by atoms with Gasteiger partial charge in [-0.05, 0) is 76.6 Å². The van der Waals surface area contributed by atoms with Crippen molar-refractivity contribution in [3.05, 3.63) is 58.4 Å². The Hall–Kier alpha value is -2.73. The molecule has 6 heteroatoms. The van der Waals surface area contributed by atoms with Gasteiger partial charge in [-0.2, -0.15) is 5.10 Å². The van der Waals surface area contributed by atoms with Crippen molar-refractivity contribution in [1.29, 1.82) is 5.41 Å². The number of hydroxylamine groups is 1. The molecule has 162 valence electrons. The third kappa shape index (κ3) is 5.66. The monoisotopic (exact) mass is 410 g/mol. The minimum absolute atomic E-state index is 0.0550. The molecule has 0 spiro atoms. The Bertz CT molecular complexity index is 918. The lowest BCUT2D eigenvalue weighted by Gasteiger charge is -2.21. The Morgan fingerprint density at radius 2 is 1.90 bits per heavy atom. The van der Waals surface area contributed by atoms with Crippen molar-refractivity contribution in [3.8, 4) is 0 Å². The predicted molar refractivity (Wildman–Crippen MR) is 121 cm³/mol. The van der Waals surface area contributed by atoms with E-state index in [9.17, 15) is 4.79 Å². The number of nitrogens with one attached hydrogen (secondary N) is 2. The third-order valence-electron chi connectivity index (χ3n) is 5.43. The zero-order valence-electron chi connectivity index (χ0n) is 18.9. The van der Waals surface area contributed by atoms with Crippen LogP contribution < -0.4 is 5.48 Å². The molecule has 0 fully saturated rings. The number of carbonyl (C=O) groups is 1. The summed E-state index contributed by atoms with van der Waals surface area (Å²) in [4.78, 5) is 11.1. The van der Waals surface area contributed by atoms with E-state index in [0.29, 0.717) is 6.42 Å². The maximum absolute atomic E-state index is 11.1. The Balaban J connectivity index is 2.10. The summed E-state index contributed by atoms with van der Waals surface area (Å²) in [5.74, 6) is -0.491. The highest BCUT2D eigenvalue weighted by atomic mass is 16.5. The number of hydrogen-bond acceptors (Lipinski definition) is 4. The molecule has 2 rings (SSSR count). The third-order valence-corrected chi connectivity index (χ3v) is 5.43. The van der Waals surface area contributed by atoms with Gasteiger partial charge in [-0.3, -0.25) is 14.7 Å². The van der Waals surface area contributed by atoms with Gasteiger partial charge >= 0.3 is 0 Å². The second-order valence-corrected chi connectivity index (χ2v) is 8.69. The van der Waals surface area contributed by atoms with Crippen LogP contribution in [-0.2, 0) is 16.8 Å². The van der Waals surface area contributed by atoms with Crippen LogP contribution in [0.5, 0.6) is 0 Å². The first-order valence-electron chi connectivity index (χ1n) is 10.4. The summed E-state index contributed by atoms with van der Waals surface area (Å²) < 4.78 is 2.09. The Labute approximate surface area is 179 Å². The maximum Gasteiger partial charge on any atom is 0.267 e. The van der Waals surface area contributed by atoms with Crippen LogP contribution >= 0.6 is 0 Å². The zero-order valence-corrected chi connectivity index (χ0v) is 18.9. The molecule has 2 aromatic rings. The largest absolute Gasteiger partial charge is 0.309 e. The number of carbonyl (C=O) groups excluding carboxylic acids is 1. The summed E-state index contributed by atoms with van der Waals surface area (Å²) in [5, 5.41) is 22.0. The van der Waals surface area contributed by atoms with E-state index >= 15 is 0 Å². The number of aromatic nitrogens is 2. The first kappa shape index (κ1) is 23.5. The molecule has 0 unspecified atom stereocenters. The lowest BCUT2D eigenvalue weighted by Crippen LogP contribution is -2.24. The summed E-state index contributed by atoms with van der Waals surface area (Å²) in [6.07, 6.45) is 5.30. The van der Waals surface area contributed by atoms with Gasteiger partial charge in [0, 0.05) is 23.4 Å². The number of benzene rings is 1. The lowest BCUT2D eigenvalue weighted by molar-refractivity contribution is -0.124. The Morgan fingerprint density at radius 1 is 1.27 bits per heavy atom. The number of amides is 1. The van der Waals surface area contributed by atoms with Crippen molar-refractivity contribution in [1.82, 2.24) is 15.3 Å². The van der Waals surface area contributed by atoms with E-state index < -0.39 is 5.91 Å². The minimum Gasteiger partial charge on any atom is -0.309 e. The van der Waals surface area contributed by atoms with Crippen LogP contribution in [0.4, 0.5) is 0 Å². The van der Waals surface area contributed by atoms with Crippen LogP contribution in [-0.4, -0.2) is 26.6 Å². The topological polar surface area (TPSA) is 91.0 Å². The van der Waals surface area contributed by atoms with Gasteiger partial charge in [0.2, 0.25) is 0 Å². The van der Waals surface area contributed by atoms with Gasteiger partial charge in [0.05, 0.1) is 11.2 Å². The summed E-state index contributed by atoms with van der Waals surface area (Å²) >= 11 is 0. The molecule has 1 aromatic heterocycles. The van der Waals surface area contributed by atoms with Gasteiger partial charge in [-0.1, -0.05) is 31.2 Å². The standard InChI is InChI=1S/C24H34N4O2/c1-7-20(19-11-8-18(9-12-19)10-15-23(29)27-30)22(25)14-13-21-16(2)26-28(17(21)3)24(4,5)6/h8-12,15,20,25,30H,7,13-14H2,1-6H3,(H,27,29)/b15-10+,25-22?/t20-/m0/s1. The molecule has 0 aliphatic carbocycles. The van der Waals surface area contributed by atoms with Crippen molar-refractivity contribution in [2.75, 3.05) is 0 Å². The van der Waals surface area contributed by atoms with Gasteiger partial charge in [-0.15, -0.1) is 0 Å². The maximum atomic E-state index is 11.1.